The summed E-state index contributed by atoms with van der Waals surface area (Å²) in [5, 5.41) is 9.98. The average Bonchev–Trinajstić information content (AvgIpc) is 2.17. The number of hydrogen-bond acceptors (Lipinski definition) is 4. The highest BCUT2D eigenvalue weighted by Gasteiger charge is 2.42. The van der Waals surface area contributed by atoms with E-state index < -0.39 is 11.6 Å². The highest BCUT2D eigenvalue weighted by Crippen LogP contribution is 2.28. The number of carbonyl (C=O) groups is 1. The van der Waals surface area contributed by atoms with Crippen LogP contribution in [0.25, 0.3) is 0 Å². The van der Waals surface area contributed by atoms with Gasteiger partial charge in [-0.3, -0.25) is 0 Å². The maximum Gasteiger partial charge on any atom is 0.338 e. The Bertz CT molecular complexity index is 202. The van der Waals surface area contributed by atoms with Crippen LogP contribution in [0.2, 0.25) is 0 Å². The molecule has 0 saturated carbocycles. The lowest BCUT2D eigenvalue weighted by molar-refractivity contribution is -0.178. The van der Waals surface area contributed by atoms with Gasteiger partial charge < -0.3 is 14.6 Å². The Labute approximate surface area is 84.2 Å². The van der Waals surface area contributed by atoms with Gasteiger partial charge in [0.15, 0.2) is 5.60 Å². The molecule has 0 aromatic carbocycles. The molecule has 0 bridgehead atoms. The van der Waals surface area contributed by atoms with Crippen molar-refractivity contribution < 1.29 is 19.4 Å². The first-order valence-corrected chi connectivity index (χ1v) is 5.05. The van der Waals surface area contributed by atoms with Crippen molar-refractivity contribution >= 4 is 5.97 Å². The minimum atomic E-state index is -1.33. The summed E-state index contributed by atoms with van der Waals surface area (Å²) in [6.07, 6.45) is 2.53. The molecule has 0 radical (unpaired) electrons. The first kappa shape index (κ1) is 11.5. The highest BCUT2D eigenvalue weighted by atomic mass is 16.5. The Balaban J connectivity index is 2.57. The van der Waals surface area contributed by atoms with Gasteiger partial charge in [0.2, 0.25) is 0 Å². The van der Waals surface area contributed by atoms with Crippen molar-refractivity contribution in [2.24, 2.45) is 0 Å². The molecule has 2 atom stereocenters. The van der Waals surface area contributed by atoms with E-state index in [1.165, 1.54) is 7.11 Å². The van der Waals surface area contributed by atoms with Crippen LogP contribution in [0.4, 0.5) is 0 Å². The predicted octanol–water partition coefficient (Wildman–Crippen LogP) is 0.870. The van der Waals surface area contributed by atoms with Crippen molar-refractivity contribution in [3.05, 3.63) is 0 Å². The Kier molecular flexibility index (Phi) is 3.89. The van der Waals surface area contributed by atoms with E-state index in [2.05, 4.69) is 11.7 Å². The zero-order chi connectivity index (χ0) is 10.6. The molecule has 4 nitrogen and oxygen atoms in total. The summed E-state index contributed by atoms with van der Waals surface area (Å²) in [6.45, 7) is 2.48. The van der Waals surface area contributed by atoms with Gasteiger partial charge in [-0.05, 0) is 6.42 Å². The fourth-order valence-corrected chi connectivity index (χ4v) is 1.81. The molecule has 1 heterocycles. The molecule has 1 aliphatic rings. The predicted molar refractivity (Wildman–Crippen MR) is 50.8 cm³/mol. The first-order valence-electron chi connectivity index (χ1n) is 5.05. The van der Waals surface area contributed by atoms with Crippen LogP contribution in [0.1, 0.15) is 32.6 Å². The molecule has 1 rings (SSSR count). The number of methoxy groups -OCH3 is 1. The smallest absolute Gasteiger partial charge is 0.338 e. The summed E-state index contributed by atoms with van der Waals surface area (Å²) in [5.41, 5.74) is -1.33. The number of esters is 1. The molecule has 1 fully saturated rings. The molecule has 1 aliphatic heterocycles. The monoisotopic (exact) mass is 202 g/mol. The van der Waals surface area contributed by atoms with Crippen molar-refractivity contribution in [3.8, 4) is 0 Å². The maximum atomic E-state index is 11.3. The third-order valence-electron chi connectivity index (χ3n) is 2.61. The van der Waals surface area contributed by atoms with Gasteiger partial charge in [-0.1, -0.05) is 13.3 Å². The number of aliphatic hydroxyl groups is 1. The third-order valence-corrected chi connectivity index (χ3v) is 2.61. The lowest BCUT2D eigenvalue weighted by Gasteiger charge is -2.34. The van der Waals surface area contributed by atoms with Gasteiger partial charge in [0.1, 0.15) is 0 Å². The Morgan fingerprint density at radius 1 is 1.71 bits per heavy atom. The van der Waals surface area contributed by atoms with E-state index in [4.69, 9.17) is 4.74 Å². The Morgan fingerprint density at radius 3 is 3.00 bits per heavy atom. The molecule has 1 N–H and O–H groups in total. The van der Waals surface area contributed by atoms with Crippen LogP contribution >= 0.6 is 0 Å². The molecule has 82 valence electrons. The van der Waals surface area contributed by atoms with Crippen molar-refractivity contribution in [2.75, 3.05) is 13.7 Å². The lowest BCUT2D eigenvalue weighted by Crippen LogP contribution is -2.47. The molecule has 0 spiro atoms. The summed E-state index contributed by atoms with van der Waals surface area (Å²) >= 11 is 0. The molecule has 0 aliphatic carbocycles. The van der Waals surface area contributed by atoms with Crippen LogP contribution < -0.4 is 0 Å². The van der Waals surface area contributed by atoms with E-state index in [0.29, 0.717) is 19.4 Å². The molecule has 0 amide bonds. The third kappa shape index (κ3) is 2.45. The van der Waals surface area contributed by atoms with E-state index in [1.807, 2.05) is 0 Å². The van der Waals surface area contributed by atoms with E-state index in [0.717, 1.165) is 12.8 Å². The van der Waals surface area contributed by atoms with Crippen LogP contribution in [0.15, 0.2) is 0 Å². The Morgan fingerprint density at radius 2 is 2.43 bits per heavy atom. The minimum absolute atomic E-state index is 0.0159. The molecule has 14 heavy (non-hydrogen) atoms. The van der Waals surface area contributed by atoms with Crippen molar-refractivity contribution in [3.63, 3.8) is 0 Å². The van der Waals surface area contributed by atoms with Crippen molar-refractivity contribution in [1.29, 1.82) is 0 Å². The molecule has 4 heteroatoms. The standard InChI is InChI=1S/C10H18O4/c1-3-4-8-7-10(12,5-6-14-8)9(11)13-2/h8,12H,3-7H2,1-2H3. The second kappa shape index (κ2) is 4.75. The summed E-state index contributed by atoms with van der Waals surface area (Å²) in [6, 6.07) is 0. The van der Waals surface area contributed by atoms with Gasteiger partial charge >= 0.3 is 5.97 Å². The SMILES string of the molecule is CCCC1CC(O)(C(=O)OC)CCO1. The highest BCUT2D eigenvalue weighted by molar-refractivity contribution is 5.79. The maximum absolute atomic E-state index is 11.3. The number of rotatable bonds is 3. The van der Waals surface area contributed by atoms with Crippen LogP contribution in [0.3, 0.4) is 0 Å². The number of ether oxygens (including phenoxy) is 2. The van der Waals surface area contributed by atoms with Crippen LogP contribution in [-0.4, -0.2) is 36.5 Å². The lowest BCUT2D eigenvalue weighted by atomic mass is 9.89. The van der Waals surface area contributed by atoms with E-state index in [9.17, 15) is 9.90 Å². The van der Waals surface area contributed by atoms with Gasteiger partial charge in [-0.2, -0.15) is 0 Å². The summed E-state index contributed by atoms with van der Waals surface area (Å²) < 4.78 is 10.0. The number of hydrogen-bond donors (Lipinski definition) is 1. The molecule has 0 aromatic rings. The average molecular weight is 202 g/mol. The summed E-state index contributed by atoms with van der Waals surface area (Å²) in [7, 11) is 1.30. The van der Waals surface area contributed by atoms with Gasteiger partial charge in [-0.15, -0.1) is 0 Å². The topological polar surface area (TPSA) is 55.8 Å². The van der Waals surface area contributed by atoms with Crippen LogP contribution in [0, 0.1) is 0 Å². The van der Waals surface area contributed by atoms with E-state index >= 15 is 0 Å². The van der Waals surface area contributed by atoms with Crippen LogP contribution in [0.5, 0.6) is 0 Å². The molecule has 1 saturated heterocycles. The molecular weight excluding hydrogens is 184 g/mol. The zero-order valence-electron chi connectivity index (χ0n) is 8.78. The van der Waals surface area contributed by atoms with Crippen LogP contribution in [-0.2, 0) is 14.3 Å². The van der Waals surface area contributed by atoms with Gasteiger partial charge in [-0.25, -0.2) is 4.79 Å². The van der Waals surface area contributed by atoms with Crippen molar-refractivity contribution in [2.45, 2.75) is 44.3 Å². The fourth-order valence-electron chi connectivity index (χ4n) is 1.81. The zero-order valence-corrected chi connectivity index (χ0v) is 8.78. The quantitative estimate of drug-likeness (QED) is 0.690. The first-order chi connectivity index (χ1) is 6.62. The second-order valence-electron chi connectivity index (χ2n) is 3.76. The van der Waals surface area contributed by atoms with Gasteiger partial charge in [0, 0.05) is 12.8 Å². The largest absolute Gasteiger partial charge is 0.467 e. The van der Waals surface area contributed by atoms with E-state index in [-0.39, 0.29) is 6.10 Å². The Hall–Kier alpha value is -0.610. The van der Waals surface area contributed by atoms with Gasteiger partial charge in [0.25, 0.3) is 0 Å². The molecular formula is C10H18O4. The minimum Gasteiger partial charge on any atom is -0.467 e. The normalized spacial score (nSPS) is 32.6. The fraction of sp³-hybridized carbons (Fsp3) is 0.900. The second-order valence-corrected chi connectivity index (χ2v) is 3.76. The summed E-state index contributed by atoms with van der Waals surface area (Å²) in [4.78, 5) is 11.3. The van der Waals surface area contributed by atoms with E-state index in [1.54, 1.807) is 0 Å². The number of carbonyl (C=O) groups excluding carboxylic acids is 1. The summed E-state index contributed by atoms with van der Waals surface area (Å²) in [5.74, 6) is -0.540. The molecule has 2 unspecified atom stereocenters. The van der Waals surface area contributed by atoms with Gasteiger partial charge in [0.05, 0.1) is 19.8 Å². The molecule has 0 aromatic heterocycles. The van der Waals surface area contributed by atoms with Crippen molar-refractivity contribution in [1.82, 2.24) is 0 Å².